The highest BCUT2D eigenvalue weighted by atomic mass is 35.5. The van der Waals surface area contributed by atoms with Crippen molar-refractivity contribution in [2.45, 2.75) is 51.6 Å². The van der Waals surface area contributed by atoms with E-state index in [1.807, 2.05) is 0 Å². The van der Waals surface area contributed by atoms with Crippen LogP contribution in [-0.4, -0.2) is 47.1 Å². The van der Waals surface area contributed by atoms with Gasteiger partial charge in [-0.2, -0.15) is 0 Å². The number of carbonyl (C=O) groups is 2. The molecule has 0 bridgehead atoms. The minimum Gasteiger partial charge on any atom is -0.480 e. The third kappa shape index (κ3) is 5.69. The quantitative estimate of drug-likeness (QED) is 0.767. The van der Waals surface area contributed by atoms with Gasteiger partial charge in [-0.05, 0) is 26.7 Å². The van der Waals surface area contributed by atoms with Crippen LogP contribution < -0.4 is 5.32 Å². The van der Waals surface area contributed by atoms with Gasteiger partial charge < -0.3 is 10.4 Å². The molecule has 1 amide bonds. The molecule has 0 unspecified atom stereocenters. The van der Waals surface area contributed by atoms with E-state index in [2.05, 4.69) is 24.1 Å². The van der Waals surface area contributed by atoms with Crippen molar-refractivity contribution >= 4 is 24.3 Å². The van der Waals surface area contributed by atoms with Crippen molar-refractivity contribution in [3.63, 3.8) is 0 Å². The highest BCUT2D eigenvalue weighted by Gasteiger charge is 2.26. The number of halogens is 1. The van der Waals surface area contributed by atoms with Gasteiger partial charge >= 0.3 is 5.97 Å². The second-order valence-electron chi connectivity index (χ2n) is 4.87. The monoisotopic (exact) mass is 278 g/mol. The van der Waals surface area contributed by atoms with Crippen LogP contribution in [0, 0.1) is 0 Å². The van der Waals surface area contributed by atoms with Gasteiger partial charge in [-0.3, -0.25) is 14.5 Å². The first-order valence-electron chi connectivity index (χ1n) is 6.25. The molecule has 0 spiro atoms. The molecule has 1 aliphatic rings. The maximum atomic E-state index is 11.6. The number of carbonyl (C=O) groups excluding carboxylic acids is 1. The average Bonchev–Trinajstić information content (AvgIpc) is 2.75. The number of hydrogen-bond donors (Lipinski definition) is 2. The van der Waals surface area contributed by atoms with Crippen molar-refractivity contribution < 1.29 is 14.7 Å². The Hall–Kier alpha value is -0.810. The van der Waals surface area contributed by atoms with Gasteiger partial charge in [0.25, 0.3) is 0 Å². The molecule has 0 radical (unpaired) electrons. The van der Waals surface area contributed by atoms with Crippen molar-refractivity contribution in [3.05, 3.63) is 0 Å². The van der Waals surface area contributed by atoms with E-state index in [9.17, 15) is 9.59 Å². The number of nitrogens with one attached hydrogen (secondary N) is 1. The molecule has 1 fully saturated rings. The SMILES string of the molecule is CC(C)N(CC(=O)NCC(=O)O)C1CCCC1.Cl. The third-order valence-corrected chi connectivity index (χ3v) is 3.22. The summed E-state index contributed by atoms with van der Waals surface area (Å²) in [7, 11) is 0. The van der Waals surface area contributed by atoms with Crippen LogP contribution in [0.15, 0.2) is 0 Å². The fraction of sp³-hybridized carbons (Fsp3) is 0.833. The summed E-state index contributed by atoms with van der Waals surface area (Å²) in [4.78, 5) is 24.1. The molecule has 0 aliphatic heterocycles. The van der Waals surface area contributed by atoms with Crippen molar-refractivity contribution in [3.8, 4) is 0 Å². The Balaban J connectivity index is 0.00000289. The van der Waals surface area contributed by atoms with Gasteiger partial charge in [0.2, 0.25) is 5.91 Å². The number of aliphatic carboxylic acids is 1. The summed E-state index contributed by atoms with van der Waals surface area (Å²) in [6, 6.07) is 0.791. The Bertz CT molecular complexity index is 278. The van der Waals surface area contributed by atoms with E-state index in [4.69, 9.17) is 5.11 Å². The van der Waals surface area contributed by atoms with Gasteiger partial charge in [-0.15, -0.1) is 12.4 Å². The van der Waals surface area contributed by atoms with Gasteiger partial charge in [-0.1, -0.05) is 12.8 Å². The fourth-order valence-electron chi connectivity index (χ4n) is 2.37. The molecule has 0 heterocycles. The Morgan fingerprint density at radius 1 is 1.33 bits per heavy atom. The summed E-state index contributed by atoms with van der Waals surface area (Å²) in [5.74, 6) is -1.21. The summed E-state index contributed by atoms with van der Waals surface area (Å²) in [5, 5.41) is 10.9. The second-order valence-corrected chi connectivity index (χ2v) is 4.87. The van der Waals surface area contributed by atoms with E-state index in [0.717, 1.165) is 12.8 Å². The predicted molar refractivity (Wildman–Crippen MR) is 72.0 cm³/mol. The van der Waals surface area contributed by atoms with Gasteiger partial charge in [-0.25, -0.2) is 0 Å². The van der Waals surface area contributed by atoms with Crippen LogP contribution >= 0.6 is 12.4 Å². The summed E-state index contributed by atoms with van der Waals surface area (Å²) in [6.07, 6.45) is 4.74. The summed E-state index contributed by atoms with van der Waals surface area (Å²) < 4.78 is 0. The highest BCUT2D eigenvalue weighted by molar-refractivity contribution is 5.85. The second kappa shape index (κ2) is 8.32. The molecular weight excluding hydrogens is 256 g/mol. The zero-order valence-corrected chi connectivity index (χ0v) is 11.8. The van der Waals surface area contributed by atoms with E-state index in [1.165, 1.54) is 12.8 Å². The number of amides is 1. The molecule has 0 aromatic rings. The highest BCUT2D eigenvalue weighted by Crippen LogP contribution is 2.24. The van der Waals surface area contributed by atoms with Gasteiger partial charge in [0, 0.05) is 12.1 Å². The normalized spacial score (nSPS) is 15.8. The van der Waals surface area contributed by atoms with Crippen LogP contribution in [0.3, 0.4) is 0 Å². The first-order chi connectivity index (χ1) is 8.00. The van der Waals surface area contributed by atoms with E-state index in [0.29, 0.717) is 18.6 Å². The topological polar surface area (TPSA) is 69.6 Å². The van der Waals surface area contributed by atoms with Crippen molar-refractivity contribution in [1.82, 2.24) is 10.2 Å². The third-order valence-electron chi connectivity index (χ3n) is 3.22. The maximum absolute atomic E-state index is 11.6. The number of carboxylic acid groups (broad SMARTS) is 1. The molecule has 1 rings (SSSR count). The molecular formula is C12H23ClN2O3. The summed E-state index contributed by atoms with van der Waals surface area (Å²) in [5.41, 5.74) is 0. The van der Waals surface area contributed by atoms with Crippen LogP contribution in [-0.2, 0) is 9.59 Å². The Kier molecular flexibility index (Phi) is 7.95. The molecule has 2 N–H and O–H groups in total. The number of carboxylic acids is 1. The maximum Gasteiger partial charge on any atom is 0.322 e. The van der Waals surface area contributed by atoms with Crippen molar-refractivity contribution in [2.24, 2.45) is 0 Å². The molecule has 18 heavy (non-hydrogen) atoms. The van der Waals surface area contributed by atoms with Crippen LogP contribution in [0.4, 0.5) is 0 Å². The van der Waals surface area contributed by atoms with E-state index < -0.39 is 5.97 Å². The Morgan fingerprint density at radius 3 is 2.33 bits per heavy atom. The molecule has 6 heteroatoms. The Labute approximate surface area is 114 Å². The first kappa shape index (κ1) is 17.2. The minimum atomic E-state index is -1.00. The molecule has 0 aromatic heterocycles. The lowest BCUT2D eigenvalue weighted by Crippen LogP contribution is -2.46. The molecule has 1 aliphatic carbocycles. The first-order valence-corrected chi connectivity index (χ1v) is 6.25. The van der Waals surface area contributed by atoms with E-state index in [1.54, 1.807) is 0 Å². The predicted octanol–water partition coefficient (Wildman–Crippen LogP) is 1.26. The molecule has 1 saturated carbocycles. The Morgan fingerprint density at radius 2 is 1.89 bits per heavy atom. The number of hydrogen-bond acceptors (Lipinski definition) is 3. The van der Waals surface area contributed by atoms with Crippen molar-refractivity contribution in [1.29, 1.82) is 0 Å². The van der Waals surface area contributed by atoms with E-state index in [-0.39, 0.29) is 24.9 Å². The van der Waals surface area contributed by atoms with Crippen LogP contribution in [0.5, 0.6) is 0 Å². The molecule has 0 atom stereocenters. The van der Waals surface area contributed by atoms with E-state index >= 15 is 0 Å². The lowest BCUT2D eigenvalue weighted by molar-refractivity contribution is -0.138. The molecule has 106 valence electrons. The number of rotatable bonds is 6. The van der Waals surface area contributed by atoms with Crippen molar-refractivity contribution in [2.75, 3.05) is 13.1 Å². The molecule has 0 aromatic carbocycles. The van der Waals surface area contributed by atoms with Gasteiger partial charge in [0.05, 0.1) is 6.54 Å². The summed E-state index contributed by atoms with van der Waals surface area (Å²) in [6.45, 7) is 4.15. The van der Waals surface area contributed by atoms with Crippen LogP contribution in [0.2, 0.25) is 0 Å². The molecule has 5 nitrogen and oxygen atoms in total. The fourth-order valence-corrected chi connectivity index (χ4v) is 2.37. The van der Waals surface area contributed by atoms with Gasteiger partial charge in [0.15, 0.2) is 0 Å². The molecule has 0 saturated heterocycles. The average molecular weight is 279 g/mol. The largest absolute Gasteiger partial charge is 0.480 e. The van der Waals surface area contributed by atoms with Crippen LogP contribution in [0.25, 0.3) is 0 Å². The summed E-state index contributed by atoms with van der Waals surface area (Å²) >= 11 is 0. The van der Waals surface area contributed by atoms with Gasteiger partial charge in [0.1, 0.15) is 6.54 Å². The lowest BCUT2D eigenvalue weighted by atomic mass is 10.1. The standard InChI is InChI=1S/C12H22N2O3.ClH/c1-9(2)14(10-5-3-4-6-10)8-11(15)13-7-12(16)17;/h9-10H,3-8H2,1-2H3,(H,13,15)(H,16,17);1H. The zero-order chi connectivity index (χ0) is 12.8. The lowest BCUT2D eigenvalue weighted by Gasteiger charge is -2.31. The van der Waals surface area contributed by atoms with Crippen LogP contribution in [0.1, 0.15) is 39.5 Å². The number of nitrogens with zero attached hydrogens (tertiary/aromatic N) is 1. The smallest absolute Gasteiger partial charge is 0.322 e. The zero-order valence-electron chi connectivity index (χ0n) is 11.0. The minimum absolute atomic E-state index is 0.